The smallest absolute Gasteiger partial charge is 0.330 e. The van der Waals surface area contributed by atoms with Crippen LogP contribution in [0.4, 0.5) is 0 Å². The number of hydrogen-bond donors (Lipinski definition) is 1. The van der Waals surface area contributed by atoms with E-state index >= 15 is 0 Å². The summed E-state index contributed by atoms with van der Waals surface area (Å²) in [4.78, 5) is 23.4. The van der Waals surface area contributed by atoms with Gasteiger partial charge < -0.3 is 9.13 Å². The van der Waals surface area contributed by atoms with Crippen LogP contribution < -0.4 is 16.0 Å². The van der Waals surface area contributed by atoms with Crippen LogP contribution in [0.1, 0.15) is 5.69 Å². The third-order valence-electron chi connectivity index (χ3n) is 4.35. The summed E-state index contributed by atoms with van der Waals surface area (Å²) in [6.45, 7) is 2.50. The molecule has 0 aliphatic carbocycles. The van der Waals surface area contributed by atoms with Gasteiger partial charge in [0.2, 0.25) is 10.0 Å². The van der Waals surface area contributed by atoms with E-state index in [0.29, 0.717) is 6.54 Å². The lowest BCUT2D eigenvalue weighted by Gasteiger charge is -2.11. The molecule has 26 heavy (non-hydrogen) atoms. The molecule has 9 heteroatoms. The number of hydrogen-bond acceptors (Lipinski definition) is 4. The lowest BCUT2D eigenvalue weighted by molar-refractivity contribution is 0.564. The fraction of sp³-hybridized carbons (Fsp3) is 0.294. The van der Waals surface area contributed by atoms with Crippen molar-refractivity contribution in [1.29, 1.82) is 0 Å². The zero-order valence-electron chi connectivity index (χ0n) is 14.8. The quantitative estimate of drug-likeness (QED) is 0.694. The first kappa shape index (κ1) is 18.2. The molecule has 0 bridgehead atoms. The van der Waals surface area contributed by atoms with Crippen molar-refractivity contribution < 1.29 is 8.42 Å². The molecule has 1 aromatic carbocycles. The number of sulfonamides is 1. The Morgan fingerprint density at radius 1 is 1.12 bits per heavy atom. The fourth-order valence-corrected chi connectivity index (χ4v) is 4.15. The molecular formula is C17H20N4O4S. The van der Waals surface area contributed by atoms with Gasteiger partial charge in [-0.25, -0.2) is 17.9 Å². The second-order valence-electron chi connectivity index (χ2n) is 6.14. The minimum absolute atomic E-state index is 0.119. The molecule has 138 valence electrons. The predicted octanol–water partition coefficient (Wildman–Crippen LogP) is 0.326. The largest absolute Gasteiger partial charge is 0.344 e. The Hall–Kier alpha value is -2.65. The minimum atomic E-state index is -4.03. The van der Waals surface area contributed by atoms with Crippen LogP contribution in [-0.4, -0.2) is 28.7 Å². The van der Waals surface area contributed by atoms with Crippen LogP contribution in [0.25, 0.3) is 10.9 Å². The lowest BCUT2D eigenvalue weighted by Crippen LogP contribution is -2.41. The Morgan fingerprint density at radius 2 is 1.81 bits per heavy atom. The molecular weight excluding hydrogens is 356 g/mol. The predicted molar refractivity (Wildman–Crippen MR) is 98.8 cm³/mol. The molecule has 0 spiro atoms. The van der Waals surface area contributed by atoms with Crippen molar-refractivity contribution in [2.24, 2.45) is 14.1 Å². The first-order valence-electron chi connectivity index (χ1n) is 8.03. The zero-order chi connectivity index (χ0) is 19.1. The van der Waals surface area contributed by atoms with E-state index in [1.807, 2.05) is 41.8 Å². The average Bonchev–Trinajstić information content (AvgIpc) is 2.91. The first-order valence-corrected chi connectivity index (χ1v) is 9.52. The van der Waals surface area contributed by atoms with Crippen LogP contribution in [0.3, 0.4) is 0 Å². The molecule has 0 unspecified atom stereocenters. The number of aryl methyl sites for hydroxylation is 2. The van der Waals surface area contributed by atoms with Gasteiger partial charge in [0, 0.05) is 44.6 Å². The summed E-state index contributed by atoms with van der Waals surface area (Å²) >= 11 is 0. The van der Waals surface area contributed by atoms with Crippen molar-refractivity contribution in [3.05, 3.63) is 63.1 Å². The highest BCUT2D eigenvalue weighted by molar-refractivity contribution is 7.89. The summed E-state index contributed by atoms with van der Waals surface area (Å²) in [5.41, 5.74) is 0.609. The van der Waals surface area contributed by atoms with E-state index in [-0.39, 0.29) is 6.54 Å². The Labute approximate surface area is 150 Å². The van der Waals surface area contributed by atoms with Crippen molar-refractivity contribution in [1.82, 2.24) is 18.4 Å². The van der Waals surface area contributed by atoms with Gasteiger partial charge in [0.05, 0.1) is 0 Å². The second-order valence-corrected chi connectivity index (χ2v) is 7.88. The number of fused-ring (bicyclic) bond motifs is 1. The van der Waals surface area contributed by atoms with Gasteiger partial charge in [-0.3, -0.25) is 9.36 Å². The summed E-state index contributed by atoms with van der Waals surface area (Å²) < 4.78 is 31.3. The molecule has 0 amide bonds. The molecule has 0 saturated heterocycles. The van der Waals surface area contributed by atoms with Gasteiger partial charge >= 0.3 is 5.69 Å². The molecule has 3 aromatic rings. The molecule has 2 aromatic heterocycles. The molecule has 0 aliphatic rings. The Morgan fingerprint density at radius 3 is 2.54 bits per heavy atom. The SMILES string of the molecule is Cc1cc2ccccc2n1CCNS(=O)(=O)c1cn(C)c(=O)n(C)c1=O. The van der Waals surface area contributed by atoms with Gasteiger partial charge in [0.25, 0.3) is 5.56 Å². The molecule has 0 atom stereocenters. The number of nitrogens with one attached hydrogen (secondary N) is 1. The lowest BCUT2D eigenvalue weighted by atomic mass is 10.2. The van der Waals surface area contributed by atoms with Crippen molar-refractivity contribution in [3.63, 3.8) is 0 Å². The molecule has 0 fully saturated rings. The normalized spacial score (nSPS) is 12.0. The number of nitrogens with zero attached hydrogens (tertiary/aromatic N) is 3. The molecule has 2 heterocycles. The first-order chi connectivity index (χ1) is 12.2. The summed E-state index contributed by atoms with van der Waals surface area (Å²) in [5, 5.41) is 1.08. The van der Waals surface area contributed by atoms with E-state index in [4.69, 9.17) is 0 Å². The van der Waals surface area contributed by atoms with Gasteiger partial charge in [0.1, 0.15) is 0 Å². The summed E-state index contributed by atoms with van der Waals surface area (Å²) in [6.07, 6.45) is 1.04. The Bertz CT molecular complexity index is 1200. The van der Waals surface area contributed by atoms with Gasteiger partial charge in [0.15, 0.2) is 4.90 Å². The van der Waals surface area contributed by atoms with Crippen LogP contribution in [-0.2, 0) is 30.7 Å². The monoisotopic (exact) mass is 376 g/mol. The van der Waals surface area contributed by atoms with Crippen LogP contribution >= 0.6 is 0 Å². The van der Waals surface area contributed by atoms with Gasteiger partial charge in [-0.2, -0.15) is 0 Å². The van der Waals surface area contributed by atoms with Crippen molar-refractivity contribution in [3.8, 4) is 0 Å². The topological polar surface area (TPSA) is 95.1 Å². The molecule has 0 radical (unpaired) electrons. The second kappa shape index (κ2) is 6.58. The Balaban J connectivity index is 1.85. The highest BCUT2D eigenvalue weighted by Crippen LogP contribution is 2.18. The van der Waals surface area contributed by atoms with Crippen LogP contribution in [0.5, 0.6) is 0 Å². The maximum Gasteiger partial charge on any atom is 0.330 e. The van der Waals surface area contributed by atoms with Gasteiger partial charge in [-0.15, -0.1) is 0 Å². The maximum absolute atomic E-state index is 12.5. The van der Waals surface area contributed by atoms with Crippen LogP contribution in [0.2, 0.25) is 0 Å². The standard InChI is InChI=1S/C17H20N4O4S/c1-12-10-13-6-4-5-7-14(13)21(12)9-8-18-26(24,25)15-11-19(2)17(23)20(3)16(15)22/h4-7,10-11,18H,8-9H2,1-3H3. The Kier molecular flexibility index (Phi) is 4.59. The number of aromatic nitrogens is 3. The third-order valence-corrected chi connectivity index (χ3v) is 5.79. The van der Waals surface area contributed by atoms with Crippen LogP contribution in [0.15, 0.2) is 51.0 Å². The number of rotatable bonds is 5. The van der Waals surface area contributed by atoms with Crippen molar-refractivity contribution >= 4 is 20.9 Å². The highest BCUT2D eigenvalue weighted by Gasteiger charge is 2.21. The van der Waals surface area contributed by atoms with E-state index in [1.165, 1.54) is 14.1 Å². The fourth-order valence-electron chi connectivity index (χ4n) is 2.97. The molecule has 0 saturated carbocycles. The maximum atomic E-state index is 12.5. The van der Waals surface area contributed by atoms with Gasteiger partial charge in [-0.05, 0) is 24.4 Å². The van der Waals surface area contributed by atoms with Gasteiger partial charge in [-0.1, -0.05) is 18.2 Å². The molecule has 1 N–H and O–H groups in total. The van der Waals surface area contributed by atoms with Crippen LogP contribution in [0, 0.1) is 6.92 Å². The molecule has 3 rings (SSSR count). The molecule has 8 nitrogen and oxygen atoms in total. The van der Waals surface area contributed by atoms with E-state index in [2.05, 4.69) is 4.72 Å². The van der Waals surface area contributed by atoms with E-state index in [9.17, 15) is 18.0 Å². The molecule has 0 aliphatic heterocycles. The van der Waals surface area contributed by atoms with E-state index in [0.717, 1.165) is 31.9 Å². The summed E-state index contributed by atoms with van der Waals surface area (Å²) in [5.74, 6) is 0. The number of para-hydroxylation sites is 1. The van der Waals surface area contributed by atoms with Crippen molar-refractivity contribution in [2.45, 2.75) is 18.4 Å². The van der Waals surface area contributed by atoms with E-state index in [1.54, 1.807) is 0 Å². The highest BCUT2D eigenvalue weighted by atomic mass is 32.2. The number of benzene rings is 1. The summed E-state index contributed by atoms with van der Waals surface area (Å²) in [7, 11) is -1.38. The average molecular weight is 376 g/mol. The summed E-state index contributed by atoms with van der Waals surface area (Å²) in [6, 6.07) is 9.88. The van der Waals surface area contributed by atoms with Crippen molar-refractivity contribution in [2.75, 3.05) is 6.54 Å². The minimum Gasteiger partial charge on any atom is -0.344 e. The zero-order valence-corrected chi connectivity index (χ0v) is 15.6. The third kappa shape index (κ3) is 3.11. The van der Waals surface area contributed by atoms with E-state index < -0.39 is 26.2 Å².